The van der Waals surface area contributed by atoms with Gasteiger partial charge in [-0.05, 0) is 44.4 Å². The number of amides is 1. The van der Waals surface area contributed by atoms with Gasteiger partial charge in [0.15, 0.2) is 4.34 Å². The van der Waals surface area contributed by atoms with E-state index in [1.54, 1.807) is 13.0 Å². The quantitative estimate of drug-likeness (QED) is 0.521. The molecule has 0 aliphatic carbocycles. The molecule has 1 aliphatic rings. The second-order valence-electron chi connectivity index (χ2n) is 7.40. The largest absolute Gasteiger partial charge is 0.376 e. The second kappa shape index (κ2) is 10.3. The normalized spacial score (nSPS) is 17.6. The fourth-order valence-electron chi connectivity index (χ4n) is 2.88. The zero-order chi connectivity index (χ0) is 22.6. The molecule has 2 heterocycles. The number of thioether (sulfide) groups is 1. The standard InChI is InChI=1S/C19H27N5O4S3/c1-12-7-8-15(31(26,27)24(3)4)10-16(12)21-17(25)13(2)29-19-23-22-18(30-19)20-11-14-6-5-9-28-14/h7-8,10,13-14H,5-6,9,11H2,1-4H3,(H,20,22)(H,21,25)/t13-,14-/m1/s1. The predicted octanol–water partition coefficient (Wildman–Crippen LogP) is 2.81. The Kier molecular flexibility index (Phi) is 7.92. The highest BCUT2D eigenvalue weighted by Gasteiger charge is 2.22. The van der Waals surface area contributed by atoms with Gasteiger partial charge in [-0.15, -0.1) is 10.2 Å². The van der Waals surface area contributed by atoms with E-state index in [1.807, 2.05) is 6.92 Å². The number of nitrogens with one attached hydrogen (secondary N) is 2. The van der Waals surface area contributed by atoms with Crippen LogP contribution in [0, 0.1) is 6.92 Å². The molecule has 0 spiro atoms. The van der Waals surface area contributed by atoms with E-state index in [0.717, 1.165) is 29.3 Å². The highest BCUT2D eigenvalue weighted by atomic mass is 32.2. The van der Waals surface area contributed by atoms with E-state index in [2.05, 4.69) is 20.8 Å². The van der Waals surface area contributed by atoms with Gasteiger partial charge in [-0.3, -0.25) is 4.79 Å². The molecule has 1 amide bonds. The lowest BCUT2D eigenvalue weighted by Crippen LogP contribution is -2.24. The fraction of sp³-hybridized carbons (Fsp3) is 0.526. The number of rotatable bonds is 9. The van der Waals surface area contributed by atoms with Crippen molar-refractivity contribution in [3.63, 3.8) is 0 Å². The molecule has 0 saturated carbocycles. The fourth-order valence-corrected chi connectivity index (χ4v) is 5.71. The Bertz CT molecular complexity index is 1020. The molecule has 170 valence electrons. The average Bonchev–Trinajstić information content (AvgIpc) is 3.39. The minimum Gasteiger partial charge on any atom is -0.376 e. The zero-order valence-electron chi connectivity index (χ0n) is 17.9. The maximum Gasteiger partial charge on any atom is 0.242 e. The maximum atomic E-state index is 12.7. The summed E-state index contributed by atoms with van der Waals surface area (Å²) < 4.78 is 32.2. The summed E-state index contributed by atoms with van der Waals surface area (Å²) in [5, 5.41) is 14.6. The molecular weight excluding hydrogens is 458 g/mol. The van der Waals surface area contributed by atoms with Crippen LogP contribution in [0.5, 0.6) is 0 Å². The third kappa shape index (κ3) is 6.16. The van der Waals surface area contributed by atoms with Gasteiger partial charge in [-0.1, -0.05) is 29.2 Å². The highest BCUT2D eigenvalue weighted by molar-refractivity contribution is 8.02. The molecule has 0 radical (unpaired) electrons. The van der Waals surface area contributed by atoms with Gasteiger partial charge < -0.3 is 15.4 Å². The topological polar surface area (TPSA) is 114 Å². The summed E-state index contributed by atoms with van der Waals surface area (Å²) in [5.74, 6) is -0.239. The van der Waals surface area contributed by atoms with E-state index in [-0.39, 0.29) is 16.9 Å². The van der Waals surface area contributed by atoms with Crippen LogP contribution in [-0.2, 0) is 19.6 Å². The molecular formula is C19H27N5O4S3. The van der Waals surface area contributed by atoms with E-state index in [1.165, 1.54) is 49.3 Å². The molecule has 0 bridgehead atoms. The molecule has 1 aliphatic heterocycles. The van der Waals surface area contributed by atoms with Crippen LogP contribution in [0.3, 0.4) is 0 Å². The molecule has 31 heavy (non-hydrogen) atoms. The molecule has 1 aromatic heterocycles. The van der Waals surface area contributed by atoms with Gasteiger partial charge in [0.1, 0.15) is 0 Å². The van der Waals surface area contributed by atoms with Crippen LogP contribution < -0.4 is 10.6 Å². The van der Waals surface area contributed by atoms with Crippen molar-refractivity contribution in [1.29, 1.82) is 0 Å². The van der Waals surface area contributed by atoms with E-state index >= 15 is 0 Å². The van der Waals surface area contributed by atoms with Gasteiger partial charge in [-0.2, -0.15) is 0 Å². The Balaban J connectivity index is 1.59. The van der Waals surface area contributed by atoms with Crippen molar-refractivity contribution in [2.75, 3.05) is 37.9 Å². The van der Waals surface area contributed by atoms with Crippen LogP contribution in [0.1, 0.15) is 25.3 Å². The van der Waals surface area contributed by atoms with Gasteiger partial charge in [0, 0.05) is 32.9 Å². The number of hydrogen-bond acceptors (Lipinski definition) is 9. The van der Waals surface area contributed by atoms with Gasteiger partial charge in [-0.25, -0.2) is 12.7 Å². The molecule has 2 N–H and O–H groups in total. The van der Waals surface area contributed by atoms with Crippen molar-refractivity contribution >= 4 is 49.8 Å². The lowest BCUT2D eigenvalue weighted by molar-refractivity contribution is -0.115. The predicted molar refractivity (Wildman–Crippen MR) is 123 cm³/mol. The molecule has 12 heteroatoms. The van der Waals surface area contributed by atoms with Crippen LogP contribution in [0.15, 0.2) is 27.4 Å². The number of ether oxygens (including phenoxy) is 1. The molecule has 1 fully saturated rings. The molecule has 2 aromatic rings. The maximum absolute atomic E-state index is 12.7. The van der Waals surface area contributed by atoms with Crippen molar-refractivity contribution in [2.45, 2.75) is 47.3 Å². The van der Waals surface area contributed by atoms with E-state index < -0.39 is 15.3 Å². The number of sulfonamides is 1. The number of aromatic nitrogens is 2. The molecule has 2 atom stereocenters. The number of carbonyl (C=O) groups excluding carboxylic acids is 1. The average molecular weight is 486 g/mol. The first-order valence-corrected chi connectivity index (χ1v) is 13.0. The van der Waals surface area contributed by atoms with Crippen LogP contribution in [0.4, 0.5) is 10.8 Å². The van der Waals surface area contributed by atoms with Crippen molar-refractivity contribution in [3.05, 3.63) is 23.8 Å². The van der Waals surface area contributed by atoms with Gasteiger partial charge in [0.05, 0.1) is 16.2 Å². The smallest absolute Gasteiger partial charge is 0.242 e. The Morgan fingerprint density at radius 3 is 2.84 bits per heavy atom. The van der Waals surface area contributed by atoms with E-state index in [9.17, 15) is 13.2 Å². The van der Waals surface area contributed by atoms with Crippen LogP contribution in [0.2, 0.25) is 0 Å². The zero-order valence-corrected chi connectivity index (χ0v) is 20.4. The third-order valence-corrected chi connectivity index (χ3v) is 8.68. The van der Waals surface area contributed by atoms with Crippen molar-refractivity contribution in [3.8, 4) is 0 Å². The van der Waals surface area contributed by atoms with Gasteiger partial charge in [0.25, 0.3) is 0 Å². The number of benzene rings is 1. The van der Waals surface area contributed by atoms with Gasteiger partial charge >= 0.3 is 0 Å². The number of nitrogens with zero attached hydrogens (tertiary/aromatic N) is 3. The summed E-state index contributed by atoms with van der Waals surface area (Å²) in [4.78, 5) is 12.8. The second-order valence-corrected chi connectivity index (χ2v) is 12.1. The Labute approximate surface area is 191 Å². The number of aryl methyl sites for hydroxylation is 1. The highest BCUT2D eigenvalue weighted by Crippen LogP contribution is 2.30. The van der Waals surface area contributed by atoms with Gasteiger partial charge in [0.2, 0.25) is 21.1 Å². The third-order valence-electron chi connectivity index (χ3n) is 4.80. The molecule has 3 rings (SSSR count). The molecule has 1 saturated heterocycles. The summed E-state index contributed by atoms with van der Waals surface area (Å²) in [7, 11) is -0.645. The molecule has 9 nitrogen and oxygen atoms in total. The minimum atomic E-state index is -3.59. The van der Waals surface area contributed by atoms with Crippen molar-refractivity contribution in [2.24, 2.45) is 0 Å². The van der Waals surface area contributed by atoms with Crippen LogP contribution >= 0.6 is 23.1 Å². The minimum absolute atomic E-state index is 0.129. The molecule has 1 aromatic carbocycles. The summed E-state index contributed by atoms with van der Waals surface area (Å²) in [6, 6.07) is 4.70. The monoisotopic (exact) mass is 485 g/mol. The SMILES string of the molecule is Cc1ccc(S(=O)(=O)N(C)C)cc1NC(=O)[C@@H](C)Sc1nnc(NC[C@H]2CCCO2)s1. The number of anilines is 2. The molecule has 0 unspecified atom stereocenters. The first-order chi connectivity index (χ1) is 14.7. The van der Waals surface area contributed by atoms with Crippen molar-refractivity contribution < 1.29 is 17.9 Å². The lowest BCUT2D eigenvalue weighted by atomic mass is 10.2. The summed E-state index contributed by atoms with van der Waals surface area (Å²) in [6.45, 7) is 5.09. The van der Waals surface area contributed by atoms with Crippen molar-refractivity contribution in [1.82, 2.24) is 14.5 Å². The van der Waals surface area contributed by atoms with Crippen LogP contribution in [0.25, 0.3) is 0 Å². The van der Waals surface area contributed by atoms with E-state index in [4.69, 9.17) is 4.74 Å². The first kappa shape index (κ1) is 23.9. The Morgan fingerprint density at radius 2 is 2.16 bits per heavy atom. The number of carbonyl (C=O) groups is 1. The Morgan fingerprint density at radius 1 is 1.39 bits per heavy atom. The number of hydrogen-bond donors (Lipinski definition) is 2. The lowest BCUT2D eigenvalue weighted by Gasteiger charge is -2.15. The summed E-state index contributed by atoms with van der Waals surface area (Å²) in [6.07, 6.45) is 2.33. The summed E-state index contributed by atoms with van der Waals surface area (Å²) >= 11 is 2.70. The Hall–Kier alpha value is -1.73. The van der Waals surface area contributed by atoms with E-state index in [0.29, 0.717) is 21.7 Å². The summed E-state index contributed by atoms with van der Waals surface area (Å²) in [5.41, 5.74) is 1.25. The van der Waals surface area contributed by atoms with Crippen LogP contribution in [-0.4, -0.2) is 67.4 Å². The first-order valence-electron chi connectivity index (χ1n) is 9.86.